The molecule has 60 valence electrons. The van der Waals surface area contributed by atoms with Crippen molar-refractivity contribution in [2.75, 3.05) is 0 Å². The number of hydrogen-bond donors (Lipinski definition) is 0. The lowest BCUT2D eigenvalue weighted by Crippen LogP contribution is -2.38. The standard InChI is InChI=1S/C9H12O2/c10-7-4-8(11)6-9(5-7)2-1-3-9/h1-6H2. The normalized spacial score (nSPS) is 28.7. The molecule has 0 unspecified atom stereocenters. The summed E-state index contributed by atoms with van der Waals surface area (Å²) in [4.78, 5) is 22.1. The highest BCUT2D eigenvalue weighted by Crippen LogP contribution is 2.49. The highest BCUT2D eigenvalue weighted by molar-refractivity contribution is 6.02. The Labute approximate surface area is 66.0 Å². The number of Topliss-reactive ketones (excluding diaryl/α,β-unsaturated/α-hetero) is 2. The lowest BCUT2D eigenvalue weighted by molar-refractivity contribution is -0.136. The van der Waals surface area contributed by atoms with E-state index in [9.17, 15) is 9.59 Å². The van der Waals surface area contributed by atoms with E-state index in [1.54, 1.807) is 0 Å². The van der Waals surface area contributed by atoms with Gasteiger partial charge in [0.25, 0.3) is 0 Å². The molecular formula is C9H12O2. The lowest BCUT2D eigenvalue weighted by Gasteiger charge is -2.43. The summed E-state index contributed by atoms with van der Waals surface area (Å²) in [6.07, 6.45) is 4.98. The van der Waals surface area contributed by atoms with Crippen molar-refractivity contribution in [1.82, 2.24) is 0 Å². The van der Waals surface area contributed by atoms with E-state index in [2.05, 4.69) is 0 Å². The van der Waals surface area contributed by atoms with Gasteiger partial charge in [0.15, 0.2) is 0 Å². The predicted molar refractivity (Wildman–Crippen MR) is 40.1 cm³/mol. The zero-order valence-corrected chi connectivity index (χ0v) is 6.56. The summed E-state index contributed by atoms with van der Waals surface area (Å²) in [6.45, 7) is 0. The van der Waals surface area contributed by atoms with Crippen molar-refractivity contribution in [1.29, 1.82) is 0 Å². The maximum absolute atomic E-state index is 11.1. The molecule has 1 spiro atoms. The molecule has 2 nitrogen and oxygen atoms in total. The molecule has 2 saturated carbocycles. The first kappa shape index (κ1) is 7.01. The first-order valence-electron chi connectivity index (χ1n) is 4.24. The van der Waals surface area contributed by atoms with Gasteiger partial charge in [0.05, 0.1) is 6.42 Å². The molecule has 0 atom stereocenters. The zero-order chi connectivity index (χ0) is 7.90. The molecule has 0 saturated heterocycles. The Balaban J connectivity index is 2.12. The second-order valence-corrected chi connectivity index (χ2v) is 3.96. The number of carbonyl (C=O) groups is 2. The third-order valence-corrected chi connectivity index (χ3v) is 2.95. The molecule has 0 aromatic carbocycles. The molecule has 0 N–H and O–H groups in total. The van der Waals surface area contributed by atoms with Gasteiger partial charge < -0.3 is 0 Å². The molecule has 2 rings (SSSR count). The molecule has 2 aliphatic rings. The quantitative estimate of drug-likeness (QED) is 0.493. The fourth-order valence-electron chi connectivity index (χ4n) is 2.27. The maximum atomic E-state index is 11.1. The summed E-state index contributed by atoms with van der Waals surface area (Å²) in [5.41, 5.74) is 0.145. The van der Waals surface area contributed by atoms with Gasteiger partial charge in [-0.3, -0.25) is 9.59 Å². The Morgan fingerprint density at radius 2 is 1.55 bits per heavy atom. The van der Waals surface area contributed by atoms with Crippen LogP contribution in [-0.2, 0) is 9.59 Å². The van der Waals surface area contributed by atoms with Gasteiger partial charge in [-0.05, 0) is 18.3 Å². The minimum Gasteiger partial charge on any atom is -0.299 e. The Kier molecular flexibility index (Phi) is 1.38. The van der Waals surface area contributed by atoms with Gasteiger partial charge in [-0.2, -0.15) is 0 Å². The van der Waals surface area contributed by atoms with Crippen LogP contribution in [0.1, 0.15) is 38.5 Å². The lowest BCUT2D eigenvalue weighted by atomic mass is 9.60. The van der Waals surface area contributed by atoms with E-state index in [0.29, 0.717) is 12.8 Å². The third-order valence-electron chi connectivity index (χ3n) is 2.95. The van der Waals surface area contributed by atoms with Gasteiger partial charge in [0, 0.05) is 12.8 Å². The first-order valence-corrected chi connectivity index (χ1v) is 4.24. The van der Waals surface area contributed by atoms with Gasteiger partial charge in [0.1, 0.15) is 11.6 Å². The van der Waals surface area contributed by atoms with Crippen LogP contribution >= 0.6 is 0 Å². The molecule has 2 aliphatic carbocycles. The molecule has 0 aromatic heterocycles. The molecule has 0 aliphatic heterocycles. The van der Waals surface area contributed by atoms with E-state index >= 15 is 0 Å². The summed E-state index contributed by atoms with van der Waals surface area (Å²) in [5.74, 6) is 0.335. The summed E-state index contributed by atoms with van der Waals surface area (Å²) in [6, 6.07) is 0. The number of rotatable bonds is 0. The van der Waals surface area contributed by atoms with Crippen LogP contribution in [0.15, 0.2) is 0 Å². The number of hydrogen-bond acceptors (Lipinski definition) is 2. The molecule has 0 bridgehead atoms. The molecule has 0 aromatic rings. The van der Waals surface area contributed by atoms with Gasteiger partial charge >= 0.3 is 0 Å². The summed E-state index contributed by atoms with van der Waals surface area (Å²) in [7, 11) is 0. The smallest absolute Gasteiger partial charge is 0.140 e. The van der Waals surface area contributed by atoms with E-state index in [4.69, 9.17) is 0 Å². The Morgan fingerprint density at radius 3 is 1.91 bits per heavy atom. The first-order chi connectivity index (χ1) is 5.20. The van der Waals surface area contributed by atoms with Gasteiger partial charge in [-0.15, -0.1) is 0 Å². The van der Waals surface area contributed by atoms with Crippen LogP contribution in [0.4, 0.5) is 0 Å². The van der Waals surface area contributed by atoms with E-state index in [-0.39, 0.29) is 23.4 Å². The monoisotopic (exact) mass is 152 g/mol. The van der Waals surface area contributed by atoms with E-state index in [1.165, 1.54) is 6.42 Å². The molecule has 2 fully saturated rings. The summed E-state index contributed by atoms with van der Waals surface area (Å²) < 4.78 is 0. The van der Waals surface area contributed by atoms with Crippen LogP contribution in [0, 0.1) is 5.41 Å². The van der Waals surface area contributed by atoms with Crippen LogP contribution in [0.2, 0.25) is 0 Å². The van der Waals surface area contributed by atoms with Crippen LogP contribution in [0.5, 0.6) is 0 Å². The summed E-state index contributed by atoms with van der Waals surface area (Å²) >= 11 is 0. The molecule has 2 heteroatoms. The van der Waals surface area contributed by atoms with Crippen molar-refractivity contribution in [3.63, 3.8) is 0 Å². The molecular weight excluding hydrogens is 140 g/mol. The second kappa shape index (κ2) is 2.16. The van der Waals surface area contributed by atoms with E-state index in [0.717, 1.165) is 12.8 Å². The molecule has 0 heterocycles. The molecule has 11 heavy (non-hydrogen) atoms. The average Bonchev–Trinajstić information content (AvgIpc) is 1.82. The van der Waals surface area contributed by atoms with E-state index in [1.807, 2.05) is 0 Å². The SMILES string of the molecule is O=C1CC(=O)CC2(CCC2)C1. The Hall–Kier alpha value is -0.660. The minimum atomic E-state index is 0.145. The number of ketones is 2. The van der Waals surface area contributed by atoms with Crippen molar-refractivity contribution in [2.24, 2.45) is 5.41 Å². The van der Waals surface area contributed by atoms with E-state index < -0.39 is 0 Å². The van der Waals surface area contributed by atoms with Crippen LogP contribution in [0.3, 0.4) is 0 Å². The van der Waals surface area contributed by atoms with Crippen LogP contribution in [-0.4, -0.2) is 11.6 Å². The van der Waals surface area contributed by atoms with Crippen molar-refractivity contribution in [2.45, 2.75) is 38.5 Å². The predicted octanol–water partition coefficient (Wildman–Crippen LogP) is 1.48. The fraction of sp³-hybridized carbons (Fsp3) is 0.778. The fourth-order valence-corrected chi connectivity index (χ4v) is 2.27. The molecule has 0 amide bonds. The van der Waals surface area contributed by atoms with Gasteiger partial charge in [-0.25, -0.2) is 0 Å². The van der Waals surface area contributed by atoms with Crippen molar-refractivity contribution in [3.8, 4) is 0 Å². The molecule has 0 radical (unpaired) electrons. The Bertz CT molecular complexity index is 196. The minimum absolute atomic E-state index is 0.145. The highest BCUT2D eigenvalue weighted by atomic mass is 16.1. The topological polar surface area (TPSA) is 34.1 Å². The average molecular weight is 152 g/mol. The third kappa shape index (κ3) is 1.10. The van der Waals surface area contributed by atoms with Crippen molar-refractivity contribution >= 4 is 11.6 Å². The maximum Gasteiger partial charge on any atom is 0.140 e. The van der Waals surface area contributed by atoms with Crippen LogP contribution in [0.25, 0.3) is 0 Å². The van der Waals surface area contributed by atoms with Gasteiger partial charge in [0.2, 0.25) is 0 Å². The van der Waals surface area contributed by atoms with Crippen LogP contribution < -0.4 is 0 Å². The van der Waals surface area contributed by atoms with Crippen molar-refractivity contribution in [3.05, 3.63) is 0 Å². The second-order valence-electron chi connectivity index (χ2n) is 3.96. The van der Waals surface area contributed by atoms with Crippen molar-refractivity contribution < 1.29 is 9.59 Å². The Morgan fingerprint density at radius 1 is 1.00 bits per heavy atom. The largest absolute Gasteiger partial charge is 0.299 e. The highest BCUT2D eigenvalue weighted by Gasteiger charge is 2.43. The van der Waals surface area contributed by atoms with Gasteiger partial charge in [-0.1, -0.05) is 6.42 Å². The summed E-state index contributed by atoms with van der Waals surface area (Å²) in [5, 5.41) is 0. The zero-order valence-electron chi connectivity index (χ0n) is 6.56. The number of carbonyl (C=O) groups excluding carboxylic acids is 2.